The number of benzene rings is 1. The van der Waals surface area contributed by atoms with E-state index in [1.165, 1.54) is 0 Å². The summed E-state index contributed by atoms with van der Waals surface area (Å²) in [7, 11) is 0. The van der Waals surface area contributed by atoms with Gasteiger partial charge in [0, 0.05) is 13.5 Å². The molecule has 0 radical (unpaired) electrons. The first-order valence-electron chi connectivity index (χ1n) is 6.51. The van der Waals surface area contributed by atoms with E-state index in [0.29, 0.717) is 13.0 Å². The molecule has 102 valence electrons. The van der Waals surface area contributed by atoms with Gasteiger partial charge in [0.1, 0.15) is 0 Å². The summed E-state index contributed by atoms with van der Waals surface area (Å²) in [5, 5.41) is 9.05. The topological polar surface area (TPSA) is 57.6 Å². The monoisotopic (exact) mass is 261 g/mol. The third-order valence-corrected chi connectivity index (χ3v) is 3.82. The van der Waals surface area contributed by atoms with Crippen LogP contribution in [0.3, 0.4) is 0 Å². The van der Waals surface area contributed by atoms with E-state index in [9.17, 15) is 9.59 Å². The number of carbonyl (C=O) groups excluding carboxylic acids is 1. The number of hydrogen-bond acceptors (Lipinski definition) is 2. The molecule has 1 N–H and O–H groups in total. The summed E-state index contributed by atoms with van der Waals surface area (Å²) in [6.45, 7) is 6.11. The van der Waals surface area contributed by atoms with Gasteiger partial charge < -0.3 is 10.0 Å². The van der Waals surface area contributed by atoms with E-state index < -0.39 is 5.97 Å². The van der Waals surface area contributed by atoms with Crippen molar-refractivity contribution < 1.29 is 14.7 Å². The van der Waals surface area contributed by atoms with Crippen LogP contribution in [-0.2, 0) is 9.59 Å². The second kappa shape index (κ2) is 5.03. The lowest BCUT2D eigenvalue weighted by Gasteiger charge is -2.35. The van der Waals surface area contributed by atoms with Crippen LogP contribution in [0.4, 0.5) is 5.69 Å². The molecule has 1 aliphatic rings. The van der Waals surface area contributed by atoms with E-state index in [1.807, 2.05) is 26.0 Å². The van der Waals surface area contributed by atoms with Gasteiger partial charge in [0.15, 0.2) is 0 Å². The Labute approximate surface area is 113 Å². The fraction of sp³-hybridized carbons (Fsp3) is 0.467. The van der Waals surface area contributed by atoms with Crippen LogP contribution in [-0.4, -0.2) is 23.5 Å². The first-order valence-corrected chi connectivity index (χ1v) is 6.51. The smallest absolute Gasteiger partial charge is 0.303 e. The summed E-state index contributed by atoms with van der Waals surface area (Å²) in [6, 6.07) is 4.00. The quantitative estimate of drug-likeness (QED) is 0.890. The van der Waals surface area contributed by atoms with Crippen molar-refractivity contribution in [2.75, 3.05) is 11.4 Å². The van der Waals surface area contributed by atoms with Gasteiger partial charge in [-0.1, -0.05) is 12.1 Å². The molecule has 0 fully saturated rings. The van der Waals surface area contributed by atoms with Crippen molar-refractivity contribution in [1.29, 1.82) is 0 Å². The summed E-state index contributed by atoms with van der Waals surface area (Å²) in [5.41, 5.74) is 4.05. The van der Waals surface area contributed by atoms with E-state index in [-0.39, 0.29) is 18.2 Å². The molecule has 1 heterocycles. The van der Waals surface area contributed by atoms with Crippen molar-refractivity contribution in [3.8, 4) is 0 Å². The van der Waals surface area contributed by atoms with E-state index in [4.69, 9.17) is 5.11 Å². The molecule has 1 atom stereocenters. The van der Waals surface area contributed by atoms with Gasteiger partial charge in [-0.25, -0.2) is 0 Å². The van der Waals surface area contributed by atoms with Crippen molar-refractivity contribution in [2.24, 2.45) is 0 Å². The van der Waals surface area contributed by atoms with Crippen LogP contribution in [0.25, 0.3) is 0 Å². The number of carboxylic acids is 1. The van der Waals surface area contributed by atoms with Crippen molar-refractivity contribution in [1.82, 2.24) is 0 Å². The van der Waals surface area contributed by atoms with E-state index >= 15 is 0 Å². The lowest BCUT2D eigenvalue weighted by atomic mass is 9.83. The lowest BCUT2D eigenvalue weighted by Crippen LogP contribution is -2.36. The minimum atomic E-state index is -0.784. The van der Waals surface area contributed by atoms with E-state index in [0.717, 1.165) is 22.4 Å². The predicted molar refractivity (Wildman–Crippen MR) is 73.6 cm³/mol. The Morgan fingerprint density at radius 2 is 1.95 bits per heavy atom. The fourth-order valence-corrected chi connectivity index (χ4v) is 2.96. The zero-order chi connectivity index (χ0) is 14.2. The van der Waals surface area contributed by atoms with Crippen LogP contribution in [0.1, 0.15) is 42.4 Å². The Hall–Kier alpha value is -1.84. The van der Waals surface area contributed by atoms with Gasteiger partial charge in [-0.2, -0.15) is 0 Å². The maximum absolute atomic E-state index is 11.8. The number of nitrogens with zero attached hydrogens (tertiary/aromatic N) is 1. The molecular formula is C15H19NO3. The first-order chi connectivity index (χ1) is 8.91. The number of rotatable bonds is 2. The molecule has 1 aromatic rings. The second-order valence-electron chi connectivity index (χ2n) is 5.22. The highest BCUT2D eigenvalue weighted by molar-refractivity contribution is 5.94. The summed E-state index contributed by atoms with van der Waals surface area (Å²) >= 11 is 0. The van der Waals surface area contributed by atoms with Gasteiger partial charge in [0.05, 0.1) is 12.1 Å². The second-order valence-corrected chi connectivity index (χ2v) is 5.22. The molecule has 0 saturated heterocycles. The van der Waals surface area contributed by atoms with Gasteiger partial charge in [-0.3, -0.25) is 9.59 Å². The summed E-state index contributed by atoms with van der Waals surface area (Å²) in [4.78, 5) is 24.5. The molecule has 1 aromatic carbocycles. The maximum atomic E-state index is 11.8. The van der Waals surface area contributed by atoms with Gasteiger partial charge in [-0.05, 0) is 42.9 Å². The van der Waals surface area contributed by atoms with Crippen LogP contribution >= 0.6 is 0 Å². The zero-order valence-electron chi connectivity index (χ0n) is 11.6. The van der Waals surface area contributed by atoms with Crippen molar-refractivity contribution in [2.45, 2.75) is 39.5 Å². The first kappa shape index (κ1) is 13.6. The highest BCUT2D eigenvalue weighted by Crippen LogP contribution is 2.41. The number of amides is 1. The van der Waals surface area contributed by atoms with Crippen LogP contribution in [0.5, 0.6) is 0 Å². The Kier molecular flexibility index (Phi) is 3.60. The standard InChI is InChI=1S/C15H19NO3/c1-9-4-5-10(2)15-14(9)12(8-13(18)19)6-7-16(15)11(3)17/h4-5,12H,6-8H2,1-3H3,(H,18,19). The van der Waals surface area contributed by atoms with Crippen LogP contribution in [0, 0.1) is 13.8 Å². The van der Waals surface area contributed by atoms with Crippen molar-refractivity contribution in [3.05, 3.63) is 28.8 Å². The molecule has 0 aromatic heterocycles. The molecule has 1 unspecified atom stereocenters. The number of aliphatic carboxylic acids is 1. The molecule has 0 saturated carbocycles. The minimum absolute atomic E-state index is 0.00278. The maximum Gasteiger partial charge on any atom is 0.303 e. The number of carboxylic acid groups (broad SMARTS) is 1. The molecular weight excluding hydrogens is 242 g/mol. The van der Waals surface area contributed by atoms with Crippen molar-refractivity contribution in [3.63, 3.8) is 0 Å². The Morgan fingerprint density at radius 3 is 2.53 bits per heavy atom. The number of fused-ring (bicyclic) bond motifs is 1. The molecule has 0 aliphatic carbocycles. The van der Waals surface area contributed by atoms with Gasteiger partial charge in [0.2, 0.25) is 5.91 Å². The van der Waals surface area contributed by atoms with Crippen LogP contribution < -0.4 is 4.90 Å². The van der Waals surface area contributed by atoms with Crippen molar-refractivity contribution >= 4 is 17.6 Å². The van der Waals surface area contributed by atoms with E-state index in [1.54, 1.807) is 11.8 Å². The average molecular weight is 261 g/mol. The van der Waals surface area contributed by atoms with E-state index in [2.05, 4.69) is 0 Å². The summed E-state index contributed by atoms with van der Waals surface area (Å²) < 4.78 is 0. The fourth-order valence-electron chi connectivity index (χ4n) is 2.96. The van der Waals surface area contributed by atoms with Crippen LogP contribution in [0.2, 0.25) is 0 Å². The largest absolute Gasteiger partial charge is 0.481 e. The molecule has 0 bridgehead atoms. The summed E-state index contributed by atoms with van der Waals surface area (Å²) in [5.74, 6) is -0.764. The number of aryl methyl sites for hydroxylation is 2. The number of anilines is 1. The SMILES string of the molecule is CC(=O)N1CCC(CC(=O)O)c2c(C)ccc(C)c21. The van der Waals surface area contributed by atoms with Gasteiger partial charge in [0.25, 0.3) is 0 Å². The number of carbonyl (C=O) groups is 2. The van der Waals surface area contributed by atoms with Crippen LogP contribution in [0.15, 0.2) is 12.1 Å². The highest BCUT2D eigenvalue weighted by Gasteiger charge is 2.30. The molecule has 4 nitrogen and oxygen atoms in total. The Balaban J connectivity index is 2.56. The third kappa shape index (κ3) is 2.48. The molecule has 1 amide bonds. The minimum Gasteiger partial charge on any atom is -0.481 e. The Bertz CT molecular complexity index is 536. The molecule has 0 spiro atoms. The molecule has 19 heavy (non-hydrogen) atoms. The summed E-state index contributed by atoms with van der Waals surface area (Å²) in [6.07, 6.45) is 0.839. The molecule has 4 heteroatoms. The Morgan fingerprint density at radius 1 is 1.32 bits per heavy atom. The average Bonchev–Trinajstić information content (AvgIpc) is 2.32. The third-order valence-electron chi connectivity index (χ3n) is 3.82. The molecule has 1 aliphatic heterocycles. The highest BCUT2D eigenvalue weighted by atomic mass is 16.4. The number of hydrogen-bond donors (Lipinski definition) is 1. The lowest BCUT2D eigenvalue weighted by molar-refractivity contribution is -0.137. The molecule has 2 rings (SSSR count). The van der Waals surface area contributed by atoms with Gasteiger partial charge in [-0.15, -0.1) is 0 Å². The van der Waals surface area contributed by atoms with Gasteiger partial charge >= 0.3 is 5.97 Å². The predicted octanol–water partition coefficient (Wildman–Crippen LogP) is 2.62. The zero-order valence-corrected chi connectivity index (χ0v) is 11.6. The normalized spacial score (nSPS) is 18.1.